The first-order valence-corrected chi connectivity index (χ1v) is 15.1. The minimum atomic E-state index is -0.240. The number of aromatic nitrogens is 1. The van der Waals surface area contributed by atoms with E-state index < -0.39 is 0 Å². The van der Waals surface area contributed by atoms with Crippen LogP contribution in [0.25, 0.3) is 11.3 Å². The zero-order valence-corrected chi connectivity index (χ0v) is 24.9. The first kappa shape index (κ1) is 28.7. The molecule has 1 N–H and O–H groups in total. The number of rotatable bonds is 9. The number of dihydropyridines is 1. The van der Waals surface area contributed by atoms with E-state index in [2.05, 4.69) is 93.9 Å². The smallest absolute Gasteiger partial charge is 0.123 e. The Hall–Kier alpha value is -4.42. The standard InChI is InChI=1S/C37H39FN4O/c1-27-3-5-30(6-4-27)36-23-28(15-19-39-36)25-41-21-17-34(18-22-41)42(33-11-13-35(43-2)14-12-33)26-29-16-20-40-37(24-29)31-7-9-32(38)10-8-31/h3-16,19-20,23-24,34,36,39H,17-18,21-22,25-26H2,1-2H3. The molecular weight excluding hydrogens is 535 g/mol. The van der Waals surface area contributed by atoms with Crippen molar-refractivity contribution in [1.82, 2.24) is 15.2 Å². The Kier molecular flexibility index (Phi) is 8.85. The van der Waals surface area contributed by atoms with E-state index in [0.29, 0.717) is 6.04 Å². The largest absolute Gasteiger partial charge is 0.497 e. The van der Waals surface area contributed by atoms with E-state index >= 15 is 0 Å². The number of nitrogens with one attached hydrogen (secondary N) is 1. The lowest BCUT2D eigenvalue weighted by molar-refractivity contribution is 0.224. The summed E-state index contributed by atoms with van der Waals surface area (Å²) in [5.74, 6) is 0.615. The van der Waals surface area contributed by atoms with Crippen LogP contribution in [0.5, 0.6) is 5.75 Å². The summed E-state index contributed by atoms with van der Waals surface area (Å²) in [5, 5.41) is 3.50. The molecule has 0 aliphatic carbocycles. The lowest BCUT2D eigenvalue weighted by Crippen LogP contribution is -2.45. The van der Waals surface area contributed by atoms with Crippen LogP contribution in [-0.4, -0.2) is 42.7 Å². The molecule has 4 aromatic rings. The summed E-state index contributed by atoms with van der Waals surface area (Å²) in [6.45, 7) is 5.94. The number of benzene rings is 3. The Morgan fingerprint density at radius 1 is 0.953 bits per heavy atom. The molecule has 2 aliphatic rings. The molecule has 3 heterocycles. The van der Waals surface area contributed by atoms with Gasteiger partial charge < -0.3 is 15.0 Å². The Labute approximate surface area is 254 Å². The zero-order valence-electron chi connectivity index (χ0n) is 24.9. The average molecular weight is 575 g/mol. The Morgan fingerprint density at radius 3 is 2.42 bits per heavy atom. The van der Waals surface area contributed by atoms with Crippen molar-refractivity contribution in [2.75, 3.05) is 31.6 Å². The summed E-state index contributed by atoms with van der Waals surface area (Å²) in [6, 6.07) is 28.5. The molecule has 1 saturated heterocycles. The molecule has 6 heteroatoms. The Morgan fingerprint density at radius 2 is 1.70 bits per heavy atom. The molecule has 6 rings (SSSR count). The number of nitrogens with zero attached hydrogens (tertiary/aromatic N) is 3. The van der Waals surface area contributed by atoms with Crippen LogP contribution in [0.1, 0.15) is 35.6 Å². The number of hydrogen-bond donors (Lipinski definition) is 1. The predicted octanol–water partition coefficient (Wildman–Crippen LogP) is 7.46. The van der Waals surface area contributed by atoms with E-state index in [1.54, 1.807) is 19.2 Å². The maximum Gasteiger partial charge on any atom is 0.123 e. The third-order valence-corrected chi connectivity index (χ3v) is 8.52. The molecule has 0 bridgehead atoms. The van der Waals surface area contributed by atoms with Gasteiger partial charge in [0.25, 0.3) is 0 Å². The van der Waals surface area contributed by atoms with Gasteiger partial charge in [0.1, 0.15) is 11.6 Å². The molecule has 1 unspecified atom stereocenters. The molecule has 0 spiro atoms. The fraction of sp³-hybridized carbons (Fsp3) is 0.270. The third-order valence-electron chi connectivity index (χ3n) is 8.52. The minimum absolute atomic E-state index is 0.212. The monoisotopic (exact) mass is 574 g/mol. The van der Waals surface area contributed by atoms with Gasteiger partial charge in [-0.15, -0.1) is 0 Å². The van der Waals surface area contributed by atoms with Gasteiger partial charge in [-0.3, -0.25) is 9.88 Å². The van der Waals surface area contributed by atoms with Gasteiger partial charge >= 0.3 is 0 Å². The van der Waals surface area contributed by atoms with Crippen LogP contribution in [0.15, 0.2) is 115 Å². The average Bonchev–Trinajstić information content (AvgIpc) is 3.05. The van der Waals surface area contributed by atoms with Crippen molar-refractivity contribution >= 4 is 5.69 Å². The second-order valence-electron chi connectivity index (χ2n) is 11.5. The second-order valence-corrected chi connectivity index (χ2v) is 11.5. The fourth-order valence-corrected chi connectivity index (χ4v) is 6.05. The second kappa shape index (κ2) is 13.3. The summed E-state index contributed by atoms with van der Waals surface area (Å²) >= 11 is 0. The topological polar surface area (TPSA) is 40.6 Å². The minimum Gasteiger partial charge on any atom is -0.497 e. The van der Waals surface area contributed by atoms with E-state index in [4.69, 9.17) is 4.74 Å². The molecule has 0 radical (unpaired) electrons. The molecule has 1 atom stereocenters. The number of halogens is 1. The van der Waals surface area contributed by atoms with Crippen molar-refractivity contribution in [1.29, 1.82) is 0 Å². The third kappa shape index (κ3) is 7.15. The van der Waals surface area contributed by atoms with Crippen molar-refractivity contribution in [2.45, 2.75) is 38.4 Å². The number of piperidine rings is 1. The van der Waals surface area contributed by atoms with Crippen molar-refractivity contribution < 1.29 is 9.13 Å². The van der Waals surface area contributed by atoms with Crippen LogP contribution < -0.4 is 15.0 Å². The normalized spacial score (nSPS) is 17.3. The number of ether oxygens (including phenoxy) is 1. The molecule has 0 amide bonds. The van der Waals surface area contributed by atoms with Crippen LogP contribution in [0.2, 0.25) is 0 Å². The lowest BCUT2D eigenvalue weighted by Gasteiger charge is -2.40. The first-order chi connectivity index (χ1) is 21.0. The van der Waals surface area contributed by atoms with E-state index in [0.717, 1.165) is 56.0 Å². The van der Waals surface area contributed by atoms with Gasteiger partial charge in [-0.05, 0) is 109 Å². The molecule has 3 aromatic carbocycles. The molecule has 0 saturated carbocycles. The van der Waals surface area contributed by atoms with E-state index in [-0.39, 0.29) is 11.9 Å². The molecule has 5 nitrogen and oxygen atoms in total. The van der Waals surface area contributed by atoms with Crippen molar-refractivity contribution in [3.63, 3.8) is 0 Å². The number of anilines is 1. The lowest BCUT2D eigenvalue weighted by atomic mass is 9.98. The molecule has 1 aromatic heterocycles. The molecule has 1 fully saturated rings. The van der Waals surface area contributed by atoms with Crippen molar-refractivity contribution in [3.05, 3.63) is 138 Å². The van der Waals surface area contributed by atoms with Gasteiger partial charge in [0.05, 0.1) is 18.8 Å². The van der Waals surface area contributed by atoms with E-state index in [1.165, 1.54) is 40.1 Å². The summed E-state index contributed by atoms with van der Waals surface area (Å²) in [4.78, 5) is 9.67. The van der Waals surface area contributed by atoms with Crippen molar-refractivity contribution in [3.8, 4) is 17.0 Å². The van der Waals surface area contributed by atoms with Gasteiger partial charge in [-0.25, -0.2) is 4.39 Å². The van der Waals surface area contributed by atoms with Gasteiger partial charge in [0.2, 0.25) is 0 Å². The number of methoxy groups -OCH3 is 1. The Balaban J connectivity index is 1.15. The summed E-state index contributed by atoms with van der Waals surface area (Å²) in [7, 11) is 1.70. The Bertz CT molecular complexity index is 1560. The molecule has 43 heavy (non-hydrogen) atoms. The van der Waals surface area contributed by atoms with Gasteiger partial charge in [-0.2, -0.15) is 0 Å². The quantitative estimate of drug-likeness (QED) is 0.225. The number of aryl methyl sites for hydroxylation is 1. The number of likely N-dealkylation sites (tertiary alicyclic amines) is 1. The number of pyridine rings is 1. The number of hydrogen-bond acceptors (Lipinski definition) is 5. The zero-order chi connectivity index (χ0) is 29.6. The van der Waals surface area contributed by atoms with Crippen LogP contribution >= 0.6 is 0 Å². The molecular formula is C37H39FN4O. The van der Waals surface area contributed by atoms with E-state index in [1.807, 2.05) is 18.3 Å². The SMILES string of the molecule is COc1ccc(N(Cc2ccnc(-c3ccc(F)cc3)c2)C2CCN(CC3=CC(c4ccc(C)cc4)NC=C3)CC2)cc1. The maximum atomic E-state index is 13.5. The highest BCUT2D eigenvalue weighted by atomic mass is 19.1. The van der Waals surface area contributed by atoms with Crippen LogP contribution in [0.4, 0.5) is 10.1 Å². The summed E-state index contributed by atoms with van der Waals surface area (Å²) in [5.41, 5.74) is 8.07. The first-order valence-electron chi connectivity index (χ1n) is 15.1. The molecule has 220 valence electrons. The summed E-state index contributed by atoms with van der Waals surface area (Å²) in [6.07, 6.45) is 10.7. The molecule has 2 aliphatic heterocycles. The highest BCUT2D eigenvalue weighted by Gasteiger charge is 2.26. The van der Waals surface area contributed by atoms with Crippen LogP contribution in [0.3, 0.4) is 0 Å². The van der Waals surface area contributed by atoms with Crippen LogP contribution in [0, 0.1) is 12.7 Å². The van der Waals surface area contributed by atoms with Crippen LogP contribution in [-0.2, 0) is 6.54 Å². The fourth-order valence-electron chi connectivity index (χ4n) is 6.05. The van der Waals surface area contributed by atoms with Gasteiger partial charge in [-0.1, -0.05) is 35.9 Å². The van der Waals surface area contributed by atoms with Crippen molar-refractivity contribution in [2.24, 2.45) is 0 Å². The summed E-state index contributed by atoms with van der Waals surface area (Å²) < 4.78 is 18.9. The van der Waals surface area contributed by atoms with Gasteiger partial charge in [0, 0.05) is 49.7 Å². The maximum absolute atomic E-state index is 13.5. The predicted molar refractivity (Wildman–Crippen MR) is 173 cm³/mol. The highest BCUT2D eigenvalue weighted by Crippen LogP contribution is 2.29. The highest BCUT2D eigenvalue weighted by molar-refractivity contribution is 5.60. The van der Waals surface area contributed by atoms with E-state index in [9.17, 15) is 4.39 Å². The van der Waals surface area contributed by atoms with Gasteiger partial charge in [0.15, 0.2) is 0 Å².